The van der Waals surface area contributed by atoms with Crippen molar-refractivity contribution in [1.82, 2.24) is 19.4 Å². The molecule has 28 heavy (non-hydrogen) atoms. The van der Waals surface area contributed by atoms with Crippen LogP contribution in [0.1, 0.15) is 11.1 Å². The van der Waals surface area contributed by atoms with Gasteiger partial charge in [-0.3, -0.25) is 9.59 Å². The van der Waals surface area contributed by atoms with Crippen molar-refractivity contribution in [2.45, 2.75) is 19.3 Å². The maximum atomic E-state index is 14.2. The number of amides is 1. The van der Waals surface area contributed by atoms with Gasteiger partial charge in [0.15, 0.2) is 0 Å². The second-order valence-corrected chi connectivity index (χ2v) is 5.89. The van der Waals surface area contributed by atoms with Gasteiger partial charge < -0.3 is 14.5 Å². The summed E-state index contributed by atoms with van der Waals surface area (Å²) in [6.45, 7) is -0.633. The van der Waals surface area contributed by atoms with Crippen molar-refractivity contribution in [2.75, 3.05) is 0 Å². The highest BCUT2D eigenvalue weighted by molar-refractivity contribution is 5.75. The van der Waals surface area contributed by atoms with E-state index < -0.39 is 35.6 Å². The third-order valence-electron chi connectivity index (χ3n) is 3.92. The molecule has 0 aliphatic carbocycles. The average molecular weight is 394 g/mol. The Morgan fingerprint density at radius 2 is 1.96 bits per heavy atom. The van der Waals surface area contributed by atoms with Crippen LogP contribution in [-0.2, 0) is 24.1 Å². The maximum absolute atomic E-state index is 14.2. The van der Waals surface area contributed by atoms with Gasteiger partial charge in [-0.25, -0.2) is 9.37 Å². The number of alkyl halides is 3. The lowest BCUT2D eigenvalue weighted by Gasteiger charge is -2.11. The van der Waals surface area contributed by atoms with Crippen molar-refractivity contribution in [3.63, 3.8) is 0 Å². The quantitative estimate of drug-likeness (QED) is 0.677. The van der Waals surface area contributed by atoms with E-state index in [1.807, 2.05) is 0 Å². The topological polar surface area (TPSA) is 68.9 Å². The van der Waals surface area contributed by atoms with Crippen LogP contribution in [0.3, 0.4) is 0 Å². The number of benzene rings is 1. The van der Waals surface area contributed by atoms with Gasteiger partial charge in [0.1, 0.15) is 17.9 Å². The standard InChI is InChI=1S/C18H14F4N4O2/c19-14-8-12(3-4-15(14)26-7-5-23-11-26)9-24-16(27)10-25-6-1-2-13(17(25)28)18(20,21)22/h1-8,11H,9-10H2,(H,24,27). The summed E-state index contributed by atoms with van der Waals surface area (Å²) in [4.78, 5) is 27.6. The van der Waals surface area contributed by atoms with Crippen molar-refractivity contribution < 1.29 is 22.4 Å². The summed E-state index contributed by atoms with van der Waals surface area (Å²) in [5.74, 6) is -1.21. The summed E-state index contributed by atoms with van der Waals surface area (Å²) in [7, 11) is 0. The molecule has 1 aromatic carbocycles. The number of carbonyl (C=O) groups is 1. The SMILES string of the molecule is O=C(Cn1cccc(C(F)(F)F)c1=O)NCc1ccc(-n2ccnc2)c(F)c1. The predicted octanol–water partition coefficient (Wildman–Crippen LogP) is 2.51. The average Bonchev–Trinajstić information content (AvgIpc) is 3.15. The van der Waals surface area contributed by atoms with Gasteiger partial charge >= 0.3 is 6.18 Å². The van der Waals surface area contributed by atoms with Crippen LogP contribution in [0, 0.1) is 5.82 Å². The molecule has 0 atom stereocenters. The van der Waals surface area contributed by atoms with E-state index in [0.29, 0.717) is 16.2 Å². The largest absolute Gasteiger partial charge is 0.421 e. The fourth-order valence-electron chi connectivity index (χ4n) is 2.56. The molecule has 0 saturated heterocycles. The Kier molecular flexibility index (Phi) is 5.30. The predicted molar refractivity (Wildman–Crippen MR) is 91.1 cm³/mol. The molecule has 0 aliphatic rings. The molecule has 0 bridgehead atoms. The molecule has 0 radical (unpaired) electrons. The number of imidazole rings is 1. The van der Waals surface area contributed by atoms with Crippen LogP contribution >= 0.6 is 0 Å². The van der Waals surface area contributed by atoms with Gasteiger partial charge in [0.25, 0.3) is 5.56 Å². The van der Waals surface area contributed by atoms with Crippen molar-refractivity contribution >= 4 is 5.91 Å². The van der Waals surface area contributed by atoms with Crippen LogP contribution in [0.15, 0.2) is 60.0 Å². The molecule has 3 rings (SSSR count). The summed E-state index contributed by atoms with van der Waals surface area (Å²) in [6.07, 6.45) is 0.810. The Morgan fingerprint density at radius 1 is 1.18 bits per heavy atom. The van der Waals surface area contributed by atoms with Gasteiger partial charge in [-0.15, -0.1) is 0 Å². The number of rotatable bonds is 5. The van der Waals surface area contributed by atoms with Crippen LogP contribution in [0.4, 0.5) is 17.6 Å². The van der Waals surface area contributed by atoms with Gasteiger partial charge in [-0.2, -0.15) is 13.2 Å². The van der Waals surface area contributed by atoms with E-state index in [0.717, 1.165) is 12.3 Å². The second-order valence-electron chi connectivity index (χ2n) is 5.89. The highest BCUT2D eigenvalue weighted by atomic mass is 19.4. The number of nitrogens with one attached hydrogen (secondary N) is 1. The van der Waals surface area contributed by atoms with Crippen LogP contribution in [-0.4, -0.2) is 20.0 Å². The molecule has 0 aliphatic heterocycles. The van der Waals surface area contributed by atoms with Crippen molar-refractivity contribution in [2.24, 2.45) is 0 Å². The second kappa shape index (κ2) is 7.67. The molecule has 1 N–H and O–H groups in total. The highest BCUT2D eigenvalue weighted by Crippen LogP contribution is 2.25. The number of hydrogen-bond acceptors (Lipinski definition) is 3. The molecule has 6 nitrogen and oxygen atoms in total. The minimum atomic E-state index is -4.80. The molecule has 2 aromatic heterocycles. The summed E-state index contributed by atoms with van der Waals surface area (Å²) >= 11 is 0. The Morgan fingerprint density at radius 3 is 2.61 bits per heavy atom. The van der Waals surface area contributed by atoms with Gasteiger partial charge in [0.2, 0.25) is 5.91 Å². The number of halogens is 4. The summed E-state index contributed by atoms with van der Waals surface area (Å²) in [6, 6.07) is 6.03. The first-order chi connectivity index (χ1) is 13.3. The molecule has 3 aromatic rings. The number of nitrogens with zero attached hydrogens (tertiary/aromatic N) is 3. The first-order valence-electron chi connectivity index (χ1n) is 8.06. The van der Waals surface area contributed by atoms with Gasteiger partial charge in [0, 0.05) is 25.1 Å². The van der Waals surface area contributed by atoms with E-state index >= 15 is 0 Å². The minimum absolute atomic E-state index is 0.0479. The smallest absolute Gasteiger partial charge is 0.350 e. The fourth-order valence-corrected chi connectivity index (χ4v) is 2.56. The molecule has 0 spiro atoms. The summed E-state index contributed by atoms with van der Waals surface area (Å²) < 4.78 is 54.6. The Labute approximate surface area is 156 Å². The van der Waals surface area contributed by atoms with Gasteiger partial charge in [-0.1, -0.05) is 6.07 Å². The third-order valence-corrected chi connectivity index (χ3v) is 3.92. The van der Waals surface area contributed by atoms with Crippen molar-refractivity contribution in [3.05, 3.63) is 82.5 Å². The molecule has 0 unspecified atom stereocenters. The lowest BCUT2D eigenvalue weighted by Crippen LogP contribution is -2.34. The Bertz CT molecular complexity index is 1040. The molecule has 10 heteroatoms. The number of aromatic nitrogens is 3. The van der Waals surface area contributed by atoms with Crippen LogP contribution < -0.4 is 10.9 Å². The zero-order valence-electron chi connectivity index (χ0n) is 14.3. The molecular weight excluding hydrogens is 380 g/mol. The van der Waals surface area contributed by atoms with E-state index in [1.165, 1.54) is 29.2 Å². The first-order valence-corrected chi connectivity index (χ1v) is 8.06. The van der Waals surface area contributed by atoms with Crippen LogP contribution in [0.2, 0.25) is 0 Å². The highest BCUT2D eigenvalue weighted by Gasteiger charge is 2.34. The molecule has 1 amide bonds. The minimum Gasteiger partial charge on any atom is -0.350 e. The van der Waals surface area contributed by atoms with E-state index in [2.05, 4.69) is 10.3 Å². The third kappa shape index (κ3) is 4.27. The number of hydrogen-bond donors (Lipinski definition) is 1. The van der Waals surface area contributed by atoms with Crippen LogP contribution in [0.5, 0.6) is 0 Å². The van der Waals surface area contributed by atoms with E-state index in [1.54, 1.807) is 12.3 Å². The number of carbonyl (C=O) groups excluding carboxylic acids is 1. The molecule has 2 heterocycles. The molecule has 0 saturated carbocycles. The normalized spacial score (nSPS) is 11.4. The Hall–Kier alpha value is -3.43. The lowest BCUT2D eigenvalue weighted by atomic mass is 10.2. The Balaban J connectivity index is 1.65. The monoisotopic (exact) mass is 394 g/mol. The molecule has 0 fully saturated rings. The molecule has 146 valence electrons. The zero-order valence-corrected chi connectivity index (χ0v) is 14.3. The zero-order chi connectivity index (χ0) is 20.3. The van der Waals surface area contributed by atoms with E-state index in [4.69, 9.17) is 0 Å². The van der Waals surface area contributed by atoms with E-state index in [9.17, 15) is 27.2 Å². The van der Waals surface area contributed by atoms with E-state index in [-0.39, 0.29) is 12.2 Å². The number of pyridine rings is 1. The van der Waals surface area contributed by atoms with Gasteiger partial charge in [0.05, 0.1) is 12.0 Å². The summed E-state index contributed by atoms with van der Waals surface area (Å²) in [5.41, 5.74) is -1.92. The lowest BCUT2D eigenvalue weighted by molar-refractivity contribution is -0.139. The fraction of sp³-hybridized carbons (Fsp3) is 0.167. The van der Waals surface area contributed by atoms with Crippen LogP contribution in [0.25, 0.3) is 5.69 Å². The molecular formula is C18H14F4N4O2. The van der Waals surface area contributed by atoms with Crippen molar-refractivity contribution in [1.29, 1.82) is 0 Å². The van der Waals surface area contributed by atoms with Gasteiger partial charge in [-0.05, 0) is 29.8 Å². The maximum Gasteiger partial charge on any atom is 0.421 e. The first kappa shape index (κ1) is 19.3. The summed E-state index contributed by atoms with van der Waals surface area (Å²) in [5, 5.41) is 2.45. The van der Waals surface area contributed by atoms with Crippen molar-refractivity contribution in [3.8, 4) is 5.69 Å².